The van der Waals surface area contributed by atoms with Crippen LogP contribution >= 0.6 is 0 Å². The summed E-state index contributed by atoms with van der Waals surface area (Å²) in [7, 11) is 0. The van der Waals surface area contributed by atoms with Crippen LogP contribution in [0.25, 0.3) is 0 Å². The lowest BCUT2D eigenvalue weighted by molar-refractivity contribution is -0.156. The maximum atomic E-state index is 10.7. The molecule has 1 aliphatic rings. The van der Waals surface area contributed by atoms with Gasteiger partial charge in [0.2, 0.25) is 0 Å². The van der Waals surface area contributed by atoms with Gasteiger partial charge < -0.3 is 9.84 Å². The predicted molar refractivity (Wildman–Crippen MR) is 58.8 cm³/mol. The molecule has 3 nitrogen and oxygen atoms in total. The molecule has 0 amide bonds. The maximum absolute atomic E-state index is 10.7. The van der Waals surface area contributed by atoms with Gasteiger partial charge in [0.05, 0.1) is 6.10 Å². The quantitative estimate of drug-likeness (QED) is 0.785. The lowest BCUT2D eigenvalue weighted by Gasteiger charge is -2.39. The fourth-order valence-electron chi connectivity index (χ4n) is 2.71. The lowest BCUT2D eigenvalue weighted by Crippen LogP contribution is -2.36. The van der Waals surface area contributed by atoms with Crippen LogP contribution in [0.3, 0.4) is 0 Å². The molecular weight excluding hydrogens is 192 g/mol. The van der Waals surface area contributed by atoms with E-state index in [1.54, 1.807) is 6.92 Å². The highest BCUT2D eigenvalue weighted by atomic mass is 16.5. The van der Waals surface area contributed by atoms with Gasteiger partial charge in [0.1, 0.15) is 0 Å². The number of carboxylic acids is 1. The molecule has 0 radical (unpaired) electrons. The molecule has 0 bridgehead atoms. The average molecular weight is 214 g/mol. The largest absolute Gasteiger partial charge is 0.479 e. The molecule has 0 heterocycles. The van der Waals surface area contributed by atoms with Gasteiger partial charge in [0.15, 0.2) is 6.10 Å². The third kappa shape index (κ3) is 3.82. The molecule has 15 heavy (non-hydrogen) atoms. The van der Waals surface area contributed by atoms with E-state index in [0.717, 1.165) is 12.8 Å². The molecule has 3 heteroatoms. The van der Waals surface area contributed by atoms with Crippen molar-refractivity contribution < 1.29 is 14.6 Å². The molecular formula is C12H22O3. The molecule has 0 aromatic rings. The van der Waals surface area contributed by atoms with E-state index < -0.39 is 12.1 Å². The number of aliphatic carboxylic acids is 1. The Hall–Kier alpha value is -0.570. The predicted octanol–water partition coefficient (Wildman–Crippen LogP) is 2.69. The zero-order chi connectivity index (χ0) is 11.6. The van der Waals surface area contributed by atoms with E-state index in [9.17, 15) is 4.79 Å². The summed E-state index contributed by atoms with van der Waals surface area (Å²) in [6.07, 6.45) is 2.58. The standard InChI is InChI=1S/C12H22O3/c1-8-5-10(7-12(3,4)6-8)15-9(2)11(13)14/h8-10H,5-7H2,1-4H3,(H,13,14). The molecule has 0 aromatic heterocycles. The molecule has 1 N–H and O–H groups in total. The monoisotopic (exact) mass is 214 g/mol. The van der Waals surface area contributed by atoms with Crippen molar-refractivity contribution in [2.45, 2.75) is 59.2 Å². The van der Waals surface area contributed by atoms with Crippen LogP contribution < -0.4 is 0 Å². The van der Waals surface area contributed by atoms with Crippen LogP contribution in [0.5, 0.6) is 0 Å². The van der Waals surface area contributed by atoms with Gasteiger partial charge in [-0.1, -0.05) is 20.8 Å². The second kappa shape index (κ2) is 4.52. The van der Waals surface area contributed by atoms with E-state index in [0.29, 0.717) is 5.92 Å². The fraction of sp³-hybridized carbons (Fsp3) is 0.917. The first kappa shape index (κ1) is 12.5. The van der Waals surface area contributed by atoms with Crippen molar-refractivity contribution in [1.82, 2.24) is 0 Å². The minimum atomic E-state index is -0.869. The van der Waals surface area contributed by atoms with Crippen molar-refractivity contribution in [3.8, 4) is 0 Å². The first-order valence-electron chi connectivity index (χ1n) is 5.68. The van der Waals surface area contributed by atoms with Gasteiger partial charge in [-0.15, -0.1) is 0 Å². The number of hydrogen-bond acceptors (Lipinski definition) is 2. The summed E-state index contributed by atoms with van der Waals surface area (Å²) >= 11 is 0. The highest BCUT2D eigenvalue weighted by Gasteiger charge is 2.33. The molecule has 3 unspecified atom stereocenters. The fourth-order valence-corrected chi connectivity index (χ4v) is 2.71. The van der Waals surface area contributed by atoms with Crippen molar-refractivity contribution in [3.05, 3.63) is 0 Å². The van der Waals surface area contributed by atoms with Crippen molar-refractivity contribution >= 4 is 5.97 Å². The Morgan fingerprint density at radius 3 is 2.53 bits per heavy atom. The zero-order valence-corrected chi connectivity index (χ0v) is 10.1. The Bertz CT molecular complexity index is 235. The Balaban J connectivity index is 2.52. The van der Waals surface area contributed by atoms with Crippen molar-refractivity contribution in [2.75, 3.05) is 0 Å². The number of hydrogen-bond donors (Lipinski definition) is 1. The van der Waals surface area contributed by atoms with Crippen molar-refractivity contribution in [1.29, 1.82) is 0 Å². The zero-order valence-electron chi connectivity index (χ0n) is 10.1. The van der Waals surface area contributed by atoms with Gasteiger partial charge in [-0.3, -0.25) is 0 Å². The van der Waals surface area contributed by atoms with E-state index in [1.165, 1.54) is 6.42 Å². The van der Waals surface area contributed by atoms with Crippen LogP contribution in [-0.4, -0.2) is 23.3 Å². The number of rotatable bonds is 3. The second-order valence-electron chi connectivity index (χ2n) is 5.65. The molecule has 0 saturated heterocycles. The molecule has 3 atom stereocenters. The molecule has 1 aliphatic carbocycles. The first-order chi connectivity index (χ1) is 6.80. The van der Waals surface area contributed by atoms with Gasteiger partial charge >= 0.3 is 5.97 Å². The van der Waals surface area contributed by atoms with Crippen LogP contribution in [0.15, 0.2) is 0 Å². The summed E-state index contributed by atoms with van der Waals surface area (Å²) < 4.78 is 5.56. The summed E-state index contributed by atoms with van der Waals surface area (Å²) in [6.45, 7) is 8.27. The number of carboxylic acid groups (broad SMARTS) is 1. The van der Waals surface area contributed by atoms with Gasteiger partial charge in [0, 0.05) is 0 Å². The Morgan fingerprint density at radius 1 is 1.47 bits per heavy atom. The number of carbonyl (C=O) groups is 1. The van der Waals surface area contributed by atoms with E-state index >= 15 is 0 Å². The second-order valence-corrected chi connectivity index (χ2v) is 5.65. The molecule has 0 aromatic carbocycles. The minimum Gasteiger partial charge on any atom is -0.479 e. The normalized spacial score (nSPS) is 32.3. The first-order valence-corrected chi connectivity index (χ1v) is 5.68. The Morgan fingerprint density at radius 2 is 2.07 bits per heavy atom. The summed E-state index contributed by atoms with van der Waals surface area (Å²) in [4.78, 5) is 10.7. The highest BCUT2D eigenvalue weighted by Crippen LogP contribution is 2.39. The molecule has 1 fully saturated rings. The van der Waals surface area contributed by atoms with Gasteiger partial charge in [0.25, 0.3) is 0 Å². The molecule has 0 aliphatic heterocycles. The highest BCUT2D eigenvalue weighted by molar-refractivity contribution is 5.71. The average Bonchev–Trinajstić information content (AvgIpc) is 1.99. The molecule has 88 valence electrons. The Labute approximate surface area is 91.8 Å². The van der Waals surface area contributed by atoms with Gasteiger partial charge in [-0.05, 0) is 37.5 Å². The Kier molecular flexibility index (Phi) is 3.77. The van der Waals surface area contributed by atoms with E-state index in [-0.39, 0.29) is 11.5 Å². The summed E-state index contributed by atoms with van der Waals surface area (Å²) in [5, 5.41) is 8.78. The van der Waals surface area contributed by atoms with Gasteiger partial charge in [-0.25, -0.2) is 4.79 Å². The molecule has 1 rings (SSSR count). The number of ether oxygens (including phenoxy) is 1. The van der Waals surface area contributed by atoms with Crippen molar-refractivity contribution in [3.63, 3.8) is 0 Å². The van der Waals surface area contributed by atoms with Gasteiger partial charge in [-0.2, -0.15) is 0 Å². The van der Waals surface area contributed by atoms with Crippen LogP contribution in [0, 0.1) is 11.3 Å². The topological polar surface area (TPSA) is 46.5 Å². The van der Waals surface area contributed by atoms with E-state index in [4.69, 9.17) is 9.84 Å². The van der Waals surface area contributed by atoms with Crippen LogP contribution in [0.2, 0.25) is 0 Å². The third-order valence-corrected chi connectivity index (χ3v) is 3.09. The van der Waals surface area contributed by atoms with Crippen LogP contribution in [-0.2, 0) is 9.53 Å². The smallest absolute Gasteiger partial charge is 0.332 e. The third-order valence-electron chi connectivity index (χ3n) is 3.09. The van der Waals surface area contributed by atoms with E-state index in [1.807, 2.05) is 0 Å². The van der Waals surface area contributed by atoms with E-state index in [2.05, 4.69) is 20.8 Å². The minimum absolute atomic E-state index is 0.106. The molecule has 0 spiro atoms. The van der Waals surface area contributed by atoms with Crippen molar-refractivity contribution in [2.24, 2.45) is 11.3 Å². The summed E-state index contributed by atoms with van der Waals surface area (Å²) in [6, 6.07) is 0. The SMILES string of the molecule is CC1CC(OC(C)C(=O)O)CC(C)(C)C1. The summed E-state index contributed by atoms with van der Waals surface area (Å²) in [5.74, 6) is -0.245. The van der Waals surface area contributed by atoms with Crippen LogP contribution in [0.4, 0.5) is 0 Å². The molecule has 1 saturated carbocycles. The maximum Gasteiger partial charge on any atom is 0.332 e. The summed E-state index contributed by atoms with van der Waals surface area (Å²) in [5.41, 5.74) is 0.278. The van der Waals surface area contributed by atoms with Crippen LogP contribution in [0.1, 0.15) is 47.0 Å². The lowest BCUT2D eigenvalue weighted by atomic mass is 9.71.